The fourth-order valence-corrected chi connectivity index (χ4v) is 5.75. The third-order valence-corrected chi connectivity index (χ3v) is 8.45. The number of aromatic nitrogens is 1. The summed E-state index contributed by atoms with van der Waals surface area (Å²) >= 11 is 1.43. The average Bonchev–Trinajstić information content (AvgIpc) is 3.59. The maximum Gasteiger partial charge on any atom is 0.407 e. The van der Waals surface area contributed by atoms with Crippen molar-refractivity contribution in [3.8, 4) is 0 Å². The van der Waals surface area contributed by atoms with E-state index in [0.717, 1.165) is 29.1 Å². The minimum Gasteiger partial charge on any atom is -0.444 e. The number of hydrogen-bond acceptors (Lipinski definition) is 8. The van der Waals surface area contributed by atoms with E-state index < -0.39 is 18.2 Å². The molecule has 1 aliphatic heterocycles. The molecule has 2 heterocycles. The average molecular weight is 637 g/mol. The number of thiazole rings is 1. The zero-order chi connectivity index (χ0) is 31.7. The van der Waals surface area contributed by atoms with Crippen molar-refractivity contribution in [2.45, 2.75) is 56.8 Å². The maximum absolute atomic E-state index is 13.7. The summed E-state index contributed by atoms with van der Waals surface area (Å²) in [4.78, 5) is 45.9. The summed E-state index contributed by atoms with van der Waals surface area (Å²) in [5.74, 6) is -0.232. The van der Waals surface area contributed by atoms with Crippen LogP contribution in [-0.2, 0) is 33.7 Å². The molecular formula is C33H44N6O5S. The Bertz CT molecular complexity index is 1290. The van der Waals surface area contributed by atoms with E-state index in [9.17, 15) is 14.4 Å². The van der Waals surface area contributed by atoms with Crippen molar-refractivity contribution in [1.82, 2.24) is 31.2 Å². The van der Waals surface area contributed by atoms with Crippen LogP contribution in [0.15, 0.2) is 72.4 Å². The second kappa shape index (κ2) is 18.7. The number of morpholine rings is 1. The van der Waals surface area contributed by atoms with Crippen LogP contribution < -0.4 is 21.3 Å². The molecule has 1 saturated heterocycles. The first-order valence-corrected chi connectivity index (χ1v) is 16.3. The lowest BCUT2D eigenvalue weighted by Gasteiger charge is -2.29. The van der Waals surface area contributed by atoms with Gasteiger partial charge in [-0.05, 0) is 43.2 Å². The number of carbonyl (C=O) groups excluding carboxylic acids is 3. The van der Waals surface area contributed by atoms with Gasteiger partial charge in [0, 0.05) is 45.0 Å². The number of ether oxygens (including phenoxy) is 2. The summed E-state index contributed by atoms with van der Waals surface area (Å²) in [5, 5.41) is 11.7. The largest absolute Gasteiger partial charge is 0.444 e. The molecule has 4 rings (SSSR count). The molecule has 12 heteroatoms. The smallest absolute Gasteiger partial charge is 0.407 e. The van der Waals surface area contributed by atoms with Gasteiger partial charge in [-0.1, -0.05) is 60.7 Å². The molecule has 0 saturated carbocycles. The van der Waals surface area contributed by atoms with E-state index in [0.29, 0.717) is 51.9 Å². The standard InChI is InChI=1S/C33H44N6O5S/c1-34-32(41)38-30(14-15-39-16-18-43-19-17-39)31(40)36-27(20-25-8-4-2-5-9-25)12-13-28(21-26-10-6-3-7-11-26)37-33(42)44-23-29-22-35-24-45-29/h2-11,22,24,27-28,30H,12-21,23H2,1H3,(H,36,40)(H,37,42)(H2,34,38,41)/t27-,28-,30+/m1/s1. The highest BCUT2D eigenvalue weighted by atomic mass is 32.1. The highest BCUT2D eigenvalue weighted by Crippen LogP contribution is 2.15. The molecular weight excluding hydrogens is 592 g/mol. The highest BCUT2D eigenvalue weighted by molar-refractivity contribution is 7.09. The number of nitrogens with one attached hydrogen (secondary N) is 4. The third-order valence-electron chi connectivity index (χ3n) is 7.70. The molecule has 0 unspecified atom stereocenters. The van der Waals surface area contributed by atoms with Crippen molar-refractivity contribution in [3.05, 3.63) is 88.4 Å². The first kappa shape index (κ1) is 33.9. The van der Waals surface area contributed by atoms with E-state index in [4.69, 9.17) is 9.47 Å². The minimum absolute atomic E-state index is 0.158. The number of amides is 4. The molecule has 0 aliphatic carbocycles. The maximum atomic E-state index is 13.7. The summed E-state index contributed by atoms with van der Waals surface area (Å²) in [5.41, 5.74) is 3.88. The van der Waals surface area contributed by atoms with Crippen LogP contribution in [0.1, 0.15) is 35.3 Å². The van der Waals surface area contributed by atoms with Crippen molar-refractivity contribution in [3.63, 3.8) is 0 Å². The Labute approximate surface area is 269 Å². The van der Waals surface area contributed by atoms with Gasteiger partial charge in [-0.2, -0.15) is 0 Å². The predicted octanol–water partition coefficient (Wildman–Crippen LogP) is 3.51. The molecule has 11 nitrogen and oxygen atoms in total. The number of rotatable bonds is 16. The van der Waals surface area contributed by atoms with Crippen LogP contribution >= 0.6 is 11.3 Å². The molecule has 0 spiro atoms. The van der Waals surface area contributed by atoms with E-state index in [1.54, 1.807) is 11.7 Å². The van der Waals surface area contributed by atoms with Crippen LogP contribution in [-0.4, -0.2) is 85.9 Å². The van der Waals surface area contributed by atoms with Crippen molar-refractivity contribution in [1.29, 1.82) is 0 Å². The second-order valence-electron chi connectivity index (χ2n) is 11.1. The van der Waals surface area contributed by atoms with E-state index >= 15 is 0 Å². The van der Waals surface area contributed by atoms with Crippen LogP contribution in [0.4, 0.5) is 9.59 Å². The Morgan fingerprint density at radius 2 is 1.51 bits per heavy atom. The number of benzene rings is 2. The summed E-state index contributed by atoms with van der Waals surface area (Å²) in [6.07, 6.45) is 4.09. The molecule has 1 aliphatic rings. The summed E-state index contributed by atoms with van der Waals surface area (Å²) in [6, 6.07) is 18.4. The number of alkyl carbamates (subject to hydrolysis) is 1. The van der Waals surface area contributed by atoms with Gasteiger partial charge < -0.3 is 30.7 Å². The first-order chi connectivity index (χ1) is 22.0. The molecule has 242 valence electrons. The molecule has 3 aromatic rings. The predicted molar refractivity (Wildman–Crippen MR) is 174 cm³/mol. The van der Waals surface area contributed by atoms with Gasteiger partial charge in [0.15, 0.2) is 0 Å². The van der Waals surface area contributed by atoms with Crippen molar-refractivity contribution >= 4 is 29.4 Å². The van der Waals surface area contributed by atoms with Gasteiger partial charge in [0.1, 0.15) is 12.6 Å². The van der Waals surface area contributed by atoms with Crippen molar-refractivity contribution in [2.75, 3.05) is 39.9 Å². The Kier molecular flexibility index (Phi) is 14.1. The van der Waals surface area contributed by atoms with Crippen LogP contribution in [0.2, 0.25) is 0 Å². The number of urea groups is 1. The van der Waals surface area contributed by atoms with Crippen LogP contribution in [0.3, 0.4) is 0 Å². The van der Waals surface area contributed by atoms with E-state index in [1.807, 2.05) is 60.7 Å². The van der Waals surface area contributed by atoms with Gasteiger partial charge in [-0.3, -0.25) is 14.7 Å². The summed E-state index contributed by atoms with van der Waals surface area (Å²) in [7, 11) is 1.53. The molecule has 1 fully saturated rings. The first-order valence-electron chi connectivity index (χ1n) is 15.5. The summed E-state index contributed by atoms with van der Waals surface area (Å²) in [6.45, 7) is 3.75. The zero-order valence-electron chi connectivity index (χ0n) is 25.8. The van der Waals surface area contributed by atoms with E-state index in [-0.39, 0.29) is 24.6 Å². The van der Waals surface area contributed by atoms with Crippen LogP contribution in [0.5, 0.6) is 0 Å². The Balaban J connectivity index is 1.43. The normalized spacial score (nSPS) is 15.3. The van der Waals surface area contributed by atoms with E-state index in [1.165, 1.54) is 18.4 Å². The van der Waals surface area contributed by atoms with Gasteiger partial charge in [0.25, 0.3) is 0 Å². The SMILES string of the molecule is CNC(=O)N[C@@H](CCN1CCOCC1)C(=O)N[C@H](CC[C@H](Cc1ccccc1)NC(=O)OCc1cncs1)Cc1ccccc1. The monoisotopic (exact) mass is 636 g/mol. The third kappa shape index (κ3) is 12.5. The lowest BCUT2D eigenvalue weighted by atomic mass is 9.95. The summed E-state index contributed by atoms with van der Waals surface area (Å²) < 4.78 is 10.9. The van der Waals surface area contributed by atoms with Crippen molar-refractivity contribution in [2.24, 2.45) is 0 Å². The lowest BCUT2D eigenvalue weighted by Crippen LogP contribution is -2.53. The van der Waals surface area contributed by atoms with Crippen LogP contribution in [0, 0.1) is 0 Å². The Morgan fingerprint density at radius 1 is 0.889 bits per heavy atom. The Hall–Kier alpha value is -4.00. The van der Waals surface area contributed by atoms with Gasteiger partial charge in [0.05, 0.1) is 23.6 Å². The molecule has 45 heavy (non-hydrogen) atoms. The number of nitrogens with zero attached hydrogens (tertiary/aromatic N) is 2. The van der Waals surface area contributed by atoms with E-state index in [2.05, 4.69) is 31.2 Å². The number of carbonyl (C=O) groups is 3. The fraction of sp³-hybridized carbons (Fsp3) is 0.455. The van der Waals surface area contributed by atoms with Gasteiger partial charge in [-0.15, -0.1) is 11.3 Å². The molecule has 4 N–H and O–H groups in total. The fourth-order valence-electron chi connectivity index (χ4n) is 5.25. The molecule has 4 amide bonds. The molecule has 1 aromatic heterocycles. The van der Waals surface area contributed by atoms with Gasteiger partial charge in [-0.25, -0.2) is 9.59 Å². The second-order valence-corrected chi connectivity index (χ2v) is 12.0. The lowest BCUT2D eigenvalue weighted by molar-refractivity contribution is -0.124. The molecule has 0 radical (unpaired) electrons. The van der Waals surface area contributed by atoms with Gasteiger partial charge in [0.2, 0.25) is 5.91 Å². The Morgan fingerprint density at radius 3 is 2.09 bits per heavy atom. The van der Waals surface area contributed by atoms with Crippen molar-refractivity contribution < 1.29 is 23.9 Å². The molecule has 2 aromatic carbocycles. The molecule has 0 bridgehead atoms. The molecule has 3 atom stereocenters. The van der Waals surface area contributed by atoms with Gasteiger partial charge >= 0.3 is 12.1 Å². The highest BCUT2D eigenvalue weighted by Gasteiger charge is 2.26. The topological polar surface area (TPSA) is 134 Å². The number of hydrogen-bond donors (Lipinski definition) is 4. The minimum atomic E-state index is -0.703. The quantitative estimate of drug-likeness (QED) is 0.189. The van der Waals surface area contributed by atoms with Crippen LogP contribution in [0.25, 0.3) is 0 Å². The zero-order valence-corrected chi connectivity index (χ0v) is 26.6.